The van der Waals surface area contributed by atoms with Crippen molar-refractivity contribution >= 4 is 19.9 Å². The minimum atomic E-state index is -3.21. The van der Waals surface area contributed by atoms with E-state index >= 15 is 0 Å². The topological polar surface area (TPSA) is 101 Å². The summed E-state index contributed by atoms with van der Waals surface area (Å²) in [5.74, 6) is 0.298. The molecule has 23 heavy (non-hydrogen) atoms. The normalized spacial score (nSPS) is 19.7. The molecule has 1 aromatic heterocycles. The molecule has 0 fully saturated rings. The maximum atomic E-state index is 11.7. The number of hydrogen-bond donors (Lipinski definition) is 1. The zero-order valence-electron chi connectivity index (χ0n) is 13.5. The predicted molar refractivity (Wildman–Crippen MR) is 88.3 cm³/mol. The highest BCUT2D eigenvalue weighted by Gasteiger charge is 2.26. The van der Waals surface area contributed by atoms with E-state index in [1.807, 2.05) is 10.7 Å². The SMILES string of the molecule is CCS(=O)(=O)CCN1Cc2ccnn2C(CCNS(C)(=O)=O)C1. The van der Waals surface area contributed by atoms with Crippen LogP contribution in [0.3, 0.4) is 0 Å². The molecule has 0 aliphatic carbocycles. The Kier molecular flexibility index (Phi) is 5.82. The molecular weight excluding hydrogens is 340 g/mol. The van der Waals surface area contributed by atoms with E-state index in [1.165, 1.54) is 0 Å². The van der Waals surface area contributed by atoms with Gasteiger partial charge in [0.05, 0.1) is 23.7 Å². The van der Waals surface area contributed by atoms with Crippen molar-refractivity contribution in [2.24, 2.45) is 0 Å². The summed E-state index contributed by atoms with van der Waals surface area (Å²) in [4.78, 5) is 2.09. The van der Waals surface area contributed by atoms with Gasteiger partial charge in [-0.05, 0) is 12.5 Å². The van der Waals surface area contributed by atoms with Gasteiger partial charge in [-0.25, -0.2) is 21.6 Å². The van der Waals surface area contributed by atoms with Gasteiger partial charge < -0.3 is 0 Å². The highest BCUT2D eigenvalue weighted by Crippen LogP contribution is 2.22. The number of nitrogens with one attached hydrogen (secondary N) is 1. The predicted octanol–water partition coefficient (Wildman–Crippen LogP) is -0.386. The minimum absolute atomic E-state index is 0.0346. The van der Waals surface area contributed by atoms with E-state index in [0.717, 1.165) is 11.9 Å². The quantitative estimate of drug-likeness (QED) is 0.674. The summed E-state index contributed by atoms with van der Waals surface area (Å²) in [6, 6.07) is 1.95. The van der Waals surface area contributed by atoms with Crippen LogP contribution in [0, 0.1) is 0 Å². The molecule has 1 unspecified atom stereocenters. The van der Waals surface area contributed by atoms with Crippen molar-refractivity contribution in [1.29, 1.82) is 0 Å². The van der Waals surface area contributed by atoms with Gasteiger partial charge in [-0.3, -0.25) is 9.58 Å². The molecule has 0 amide bonds. The lowest BCUT2D eigenvalue weighted by molar-refractivity contribution is 0.177. The molecule has 2 rings (SSSR count). The number of nitrogens with zero attached hydrogens (tertiary/aromatic N) is 3. The van der Waals surface area contributed by atoms with Gasteiger partial charge in [0.25, 0.3) is 0 Å². The van der Waals surface area contributed by atoms with E-state index in [0.29, 0.717) is 32.6 Å². The van der Waals surface area contributed by atoms with E-state index in [9.17, 15) is 16.8 Å². The Hall–Kier alpha value is -0.970. The number of sulfonamides is 1. The third kappa shape index (κ3) is 5.55. The van der Waals surface area contributed by atoms with Crippen LogP contribution >= 0.6 is 0 Å². The van der Waals surface area contributed by atoms with Gasteiger partial charge in [0.1, 0.15) is 0 Å². The van der Waals surface area contributed by atoms with Crippen LogP contribution in [-0.2, 0) is 26.4 Å². The van der Waals surface area contributed by atoms with Gasteiger partial charge in [0, 0.05) is 38.1 Å². The zero-order valence-corrected chi connectivity index (χ0v) is 15.1. The zero-order chi connectivity index (χ0) is 17.1. The molecule has 0 radical (unpaired) electrons. The Bertz CT molecular complexity index is 727. The van der Waals surface area contributed by atoms with Gasteiger partial charge in [-0.15, -0.1) is 0 Å². The molecule has 0 bridgehead atoms. The molecule has 1 aliphatic rings. The Morgan fingerprint density at radius 2 is 2.09 bits per heavy atom. The molecule has 132 valence electrons. The van der Waals surface area contributed by atoms with Gasteiger partial charge in [-0.2, -0.15) is 5.10 Å². The van der Waals surface area contributed by atoms with Crippen LogP contribution in [0.15, 0.2) is 12.3 Å². The molecule has 1 aliphatic heterocycles. The molecule has 1 atom stereocenters. The largest absolute Gasteiger partial charge is 0.294 e. The lowest BCUT2D eigenvalue weighted by Gasteiger charge is -2.33. The summed E-state index contributed by atoms with van der Waals surface area (Å²) in [6.07, 6.45) is 3.46. The Labute approximate surface area is 137 Å². The molecular formula is C13H24N4O4S2. The summed E-state index contributed by atoms with van der Waals surface area (Å²) in [5.41, 5.74) is 1.02. The second kappa shape index (κ2) is 7.29. The number of fused-ring (bicyclic) bond motifs is 1. The number of hydrogen-bond acceptors (Lipinski definition) is 6. The van der Waals surface area contributed by atoms with Crippen LogP contribution in [0.2, 0.25) is 0 Å². The smallest absolute Gasteiger partial charge is 0.208 e. The van der Waals surface area contributed by atoms with Crippen molar-refractivity contribution in [2.75, 3.05) is 37.4 Å². The minimum Gasteiger partial charge on any atom is -0.294 e. The second-order valence-corrected chi connectivity index (χ2v) is 10.2. The first-order valence-corrected chi connectivity index (χ1v) is 11.3. The van der Waals surface area contributed by atoms with Crippen molar-refractivity contribution in [3.63, 3.8) is 0 Å². The maximum Gasteiger partial charge on any atom is 0.208 e. The average molecular weight is 364 g/mol. The fourth-order valence-electron chi connectivity index (χ4n) is 2.67. The van der Waals surface area contributed by atoms with E-state index in [4.69, 9.17) is 0 Å². The van der Waals surface area contributed by atoms with E-state index < -0.39 is 19.9 Å². The summed E-state index contributed by atoms with van der Waals surface area (Å²) in [5, 5.41) is 4.31. The molecule has 2 heterocycles. The standard InChI is InChI=1S/C13H24N4O4S2/c1-3-23(20,21)9-8-16-10-12-4-6-14-17(12)13(11-16)5-7-15-22(2,18)19/h4,6,13,15H,3,5,7-11H2,1-2H3. The van der Waals surface area contributed by atoms with Crippen molar-refractivity contribution in [3.05, 3.63) is 18.0 Å². The monoisotopic (exact) mass is 364 g/mol. The van der Waals surface area contributed by atoms with E-state index in [2.05, 4.69) is 14.7 Å². The van der Waals surface area contributed by atoms with Crippen LogP contribution in [0.4, 0.5) is 0 Å². The van der Waals surface area contributed by atoms with E-state index in [-0.39, 0.29) is 17.5 Å². The molecule has 10 heteroatoms. The van der Waals surface area contributed by atoms with Gasteiger partial charge in [-0.1, -0.05) is 6.92 Å². The maximum absolute atomic E-state index is 11.7. The van der Waals surface area contributed by atoms with Crippen LogP contribution in [0.1, 0.15) is 25.1 Å². The number of sulfone groups is 1. The second-order valence-electron chi connectivity index (χ2n) is 5.85. The van der Waals surface area contributed by atoms with Gasteiger partial charge in [0.15, 0.2) is 9.84 Å². The first-order valence-electron chi connectivity index (χ1n) is 7.60. The third-order valence-corrected chi connectivity index (χ3v) is 6.37. The molecule has 1 N–H and O–H groups in total. The van der Waals surface area contributed by atoms with Gasteiger partial charge >= 0.3 is 0 Å². The van der Waals surface area contributed by atoms with Crippen LogP contribution < -0.4 is 4.72 Å². The average Bonchev–Trinajstić information content (AvgIpc) is 2.92. The summed E-state index contributed by atoms with van der Waals surface area (Å²) >= 11 is 0. The van der Waals surface area contributed by atoms with E-state index in [1.54, 1.807) is 13.1 Å². The summed E-state index contributed by atoms with van der Waals surface area (Å²) < 4.78 is 50.1. The Balaban J connectivity index is 1.99. The van der Waals surface area contributed by atoms with Crippen LogP contribution in [0.25, 0.3) is 0 Å². The molecule has 1 aromatic rings. The molecule has 0 saturated heterocycles. The summed E-state index contributed by atoms with van der Waals surface area (Å²) in [6.45, 7) is 3.80. The summed E-state index contributed by atoms with van der Waals surface area (Å²) in [7, 11) is -6.20. The molecule has 8 nitrogen and oxygen atoms in total. The molecule has 0 spiro atoms. The Morgan fingerprint density at radius 1 is 1.35 bits per heavy atom. The lowest BCUT2D eigenvalue weighted by atomic mass is 10.1. The molecule has 0 aromatic carbocycles. The lowest BCUT2D eigenvalue weighted by Crippen LogP contribution is -2.41. The Morgan fingerprint density at radius 3 is 2.74 bits per heavy atom. The first kappa shape index (κ1) is 18.4. The number of rotatable bonds is 8. The fraction of sp³-hybridized carbons (Fsp3) is 0.769. The van der Waals surface area contributed by atoms with Crippen LogP contribution in [-0.4, -0.2) is 68.9 Å². The first-order chi connectivity index (χ1) is 10.7. The van der Waals surface area contributed by atoms with Crippen molar-refractivity contribution in [2.45, 2.75) is 25.9 Å². The van der Waals surface area contributed by atoms with Crippen LogP contribution in [0.5, 0.6) is 0 Å². The highest BCUT2D eigenvalue weighted by atomic mass is 32.2. The van der Waals surface area contributed by atoms with Gasteiger partial charge in [0.2, 0.25) is 10.0 Å². The third-order valence-electron chi connectivity index (χ3n) is 3.95. The highest BCUT2D eigenvalue weighted by molar-refractivity contribution is 7.91. The van der Waals surface area contributed by atoms with Crippen molar-refractivity contribution < 1.29 is 16.8 Å². The number of aromatic nitrogens is 2. The molecule has 0 saturated carbocycles. The van der Waals surface area contributed by atoms with Crippen molar-refractivity contribution in [1.82, 2.24) is 19.4 Å². The fourth-order valence-corrected chi connectivity index (χ4v) is 3.99. The van der Waals surface area contributed by atoms with Crippen molar-refractivity contribution in [3.8, 4) is 0 Å².